The molecule has 2 aliphatic rings. The maximum atomic E-state index is 14.4. The van der Waals surface area contributed by atoms with Crippen LogP contribution in [0.4, 0.5) is 18.9 Å². The largest absolute Gasteiger partial charge is 0.496 e. The normalized spacial score (nSPS) is 17.3. The molecule has 0 bridgehead atoms. The average molecular weight is 583 g/mol. The van der Waals surface area contributed by atoms with Crippen molar-refractivity contribution in [3.63, 3.8) is 0 Å². The molecule has 2 amide bonds. The number of aromatic amines is 1. The standard InChI is InChI=1S/C29H26F3N5O5/c1-35(27(39)19-14-24(38)34-22-4-3-5-23(41-2)25(19)22)18-6-7-37(16-18)26-20(28(40)36-8-10-42-11-9-36)12-17(15-33)13-21(26)29(30,31)32/h3-5,12-14,18H,1,6-11,16H2,2H3/p+1/t18-/m1/s1. The Balaban J connectivity index is 1.51. The fourth-order valence-corrected chi connectivity index (χ4v) is 5.50. The van der Waals surface area contributed by atoms with Crippen LogP contribution < -0.4 is 15.2 Å². The number of methoxy groups -OCH3 is 1. The van der Waals surface area contributed by atoms with E-state index in [4.69, 9.17) is 9.47 Å². The lowest BCUT2D eigenvalue weighted by Crippen LogP contribution is -2.42. The first-order chi connectivity index (χ1) is 20.0. The van der Waals surface area contributed by atoms with Crippen molar-refractivity contribution >= 4 is 35.1 Å². The highest BCUT2D eigenvalue weighted by molar-refractivity contribution is 6.05. The molecule has 0 aliphatic carbocycles. The SMILES string of the molecule is C=[N+](C(=O)c1cc(=O)[nH]c2cccc(OC)c12)[C@@H]1CCN(c2c(C(=O)N3CCOCC3)cc(C#N)cc2C(F)(F)F)C1. The van der Waals surface area contributed by atoms with Crippen molar-refractivity contribution in [2.75, 3.05) is 51.4 Å². The van der Waals surface area contributed by atoms with E-state index in [1.54, 1.807) is 24.3 Å². The van der Waals surface area contributed by atoms with Gasteiger partial charge in [-0.1, -0.05) is 6.07 Å². The van der Waals surface area contributed by atoms with Crippen molar-refractivity contribution in [2.45, 2.75) is 18.6 Å². The van der Waals surface area contributed by atoms with Crippen LogP contribution in [0.2, 0.25) is 0 Å². The van der Waals surface area contributed by atoms with Crippen molar-refractivity contribution in [2.24, 2.45) is 0 Å². The molecule has 1 atom stereocenters. The summed E-state index contributed by atoms with van der Waals surface area (Å²) in [6, 6.07) is 9.05. The van der Waals surface area contributed by atoms with Crippen molar-refractivity contribution in [1.82, 2.24) is 9.88 Å². The van der Waals surface area contributed by atoms with Crippen LogP contribution in [0.5, 0.6) is 5.75 Å². The number of H-pyrrole nitrogens is 1. The van der Waals surface area contributed by atoms with Crippen LogP contribution in [-0.2, 0) is 10.9 Å². The summed E-state index contributed by atoms with van der Waals surface area (Å²) >= 11 is 0. The highest BCUT2D eigenvalue weighted by Crippen LogP contribution is 2.41. The molecule has 2 saturated heterocycles. The van der Waals surface area contributed by atoms with Gasteiger partial charge >= 0.3 is 12.1 Å². The Morgan fingerprint density at radius 1 is 1.17 bits per heavy atom. The second-order valence-electron chi connectivity index (χ2n) is 10.0. The van der Waals surface area contributed by atoms with Crippen LogP contribution in [0.15, 0.2) is 41.2 Å². The van der Waals surface area contributed by atoms with Crippen LogP contribution in [0.25, 0.3) is 10.9 Å². The number of benzene rings is 2. The van der Waals surface area contributed by atoms with Gasteiger partial charge < -0.3 is 24.3 Å². The molecular weight excluding hydrogens is 555 g/mol. The predicted octanol–water partition coefficient (Wildman–Crippen LogP) is 3.03. The number of alkyl halides is 3. The van der Waals surface area contributed by atoms with Gasteiger partial charge in [-0.2, -0.15) is 23.0 Å². The second kappa shape index (κ2) is 11.3. The number of anilines is 1. The number of hydrogen-bond acceptors (Lipinski definition) is 7. The predicted molar refractivity (Wildman–Crippen MR) is 146 cm³/mol. The minimum Gasteiger partial charge on any atom is -0.496 e. The van der Waals surface area contributed by atoms with Gasteiger partial charge in [-0.05, 0) is 24.3 Å². The molecule has 1 N–H and O–H groups in total. The lowest BCUT2D eigenvalue weighted by atomic mass is 10.00. The van der Waals surface area contributed by atoms with Crippen LogP contribution in [0.1, 0.15) is 38.3 Å². The number of carbonyl (C=O) groups excluding carboxylic acids is 2. The number of nitrogens with one attached hydrogen (secondary N) is 1. The monoisotopic (exact) mass is 582 g/mol. The van der Waals surface area contributed by atoms with Gasteiger partial charge in [-0.25, -0.2) is 4.79 Å². The van der Waals surface area contributed by atoms with E-state index in [2.05, 4.69) is 11.7 Å². The molecule has 13 heteroatoms. The van der Waals surface area contributed by atoms with E-state index < -0.39 is 35.2 Å². The van der Waals surface area contributed by atoms with E-state index in [1.165, 1.54) is 23.0 Å². The van der Waals surface area contributed by atoms with Gasteiger partial charge in [0.05, 0.1) is 66.2 Å². The first-order valence-electron chi connectivity index (χ1n) is 13.1. The molecule has 0 saturated carbocycles. The van der Waals surface area contributed by atoms with Crippen LogP contribution in [0, 0.1) is 11.3 Å². The zero-order valence-corrected chi connectivity index (χ0v) is 22.7. The number of rotatable bonds is 5. The Kier molecular flexibility index (Phi) is 7.74. The molecule has 0 radical (unpaired) electrons. The molecule has 0 unspecified atom stereocenters. The van der Waals surface area contributed by atoms with Crippen molar-refractivity contribution < 1.29 is 36.8 Å². The Labute approximate surface area is 238 Å². The van der Waals surface area contributed by atoms with Crippen LogP contribution >= 0.6 is 0 Å². The molecule has 1 aromatic heterocycles. The fraction of sp³-hybridized carbons (Fsp3) is 0.345. The Morgan fingerprint density at radius 3 is 2.57 bits per heavy atom. The summed E-state index contributed by atoms with van der Waals surface area (Å²) < 4.78 is 54.9. The number of fused-ring (bicyclic) bond motifs is 1. The molecule has 5 rings (SSSR count). The molecule has 3 aromatic rings. The maximum Gasteiger partial charge on any atom is 0.420 e. The van der Waals surface area contributed by atoms with E-state index in [0.29, 0.717) is 16.7 Å². The number of nitriles is 1. The van der Waals surface area contributed by atoms with Crippen molar-refractivity contribution in [3.8, 4) is 11.8 Å². The van der Waals surface area contributed by atoms with Gasteiger partial charge in [0, 0.05) is 32.1 Å². The molecule has 42 heavy (non-hydrogen) atoms. The number of ether oxygens (including phenoxy) is 2. The third kappa shape index (κ3) is 5.33. The molecule has 2 aliphatic heterocycles. The second-order valence-corrected chi connectivity index (χ2v) is 10.0. The summed E-state index contributed by atoms with van der Waals surface area (Å²) in [5.74, 6) is -0.890. The van der Waals surface area contributed by atoms with Gasteiger partial charge in [0.2, 0.25) is 5.56 Å². The Bertz CT molecular complexity index is 1690. The summed E-state index contributed by atoms with van der Waals surface area (Å²) in [7, 11) is 1.43. The lowest BCUT2D eigenvalue weighted by Gasteiger charge is -2.30. The molecule has 2 aromatic carbocycles. The molecule has 218 valence electrons. The Hall–Kier alpha value is -4.70. The zero-order chi connectivity index (χ0) is 30.2. The number of carbonyl (C=O) groups is 2. The van der Waals surface area contributed by atoms with E-state index in [0.717, 1.165) is 16.7 Å². The average Bonchev–Trinajstić information content (AvgIpc) is 3.48. The summed E-state index contributed by atoms with van der Waals surface area (Å²) in [5, 5.41) is 9.83. The molecular formula is C29H27F3N5O5+. The number of pyridine rings is 1. The summed E-state index contributed by atoms with van der Waals surface area (Å²) in [5.41, 5.74) is -2.07. The summed E-state index contributed by atoms with van der Waals surface area (Å²) in [4.78, 5) is 45.0. The van der Waals surface area contributed by atoms with Crippen LogP contribution in [0.3, 0.4) is 0 Å². The van der Waals surface area contributed by atoms with Gasteiger partial charge in [0.15, 0.2) is 6.04 Å². The minimum atomic E-state index is -4.86. The topological polar surface area (TPSA) is 119 Å². The molecule has 2 fully saturated rings. The summed E-state index contributed by atoms with van der Waals surface area (Å²) in [6.45, 7) is 4.82. The Morgan fingerprint density at radius 2 is 1.90 bits per heavy atom. The number of hydrogen-bond donors (Lipinski definition) is 1. The quantitative estimate of drug-likeness (QED) is 0.363. The number of aromatic nitrogens is 1. The first kappa shape index (κ1) is 28.8. The van der Waals surface area contributed by atoms with E-state index >= 15 is 0 Å². The third-order valence-electron chi connectivity index (χ3n) is 7.53. The number of morpholine rings is 1. The van der Waals surface area contributed by atoms with E-state index in [9.17, 15) is 32.8 Å². The van der Waals surface area contributed by atoms with Gasteiger partial charge in [0.1, 0.15) is 18.0 Å². The molecule has 10 nitrogen and oxygen atoms in total. The smallest absolute Gasteiger partial charge is 0.420 e. The fourth-order valence-electron chi connectivity index (χ4n) is 5.50. The zero-order valence-electron chi connectivity index (χ0n) is 22.7. The van der Waals surface area contributed by atoms with E-state index in [1.807, 2.05) is 0 Å². The highest BCUT2D eigenvalue weighted by atomic mass is 19.4. The van der Waals surface area contributed by atoms with Gasteiger partial charge in [-0.3, -0.25) is 9.59 Å². The van der Waals surface area contributed by atoms with Crippen molar-refractivity contribution in [1.29, 1.82) is 5.26 Å². The van der Waals surface area contributed by atoms with Gasteiger partial charge in [0.25, 0.3) is 5.91 Å². The van der Waals surface area contributed by atoms with E-state index in [-0.39, 0.29) is 68.2 Å². The minimum absolute atomic E-state index is 0.0391. The first-order valence-corrected chi connectivity index (χ1v) is 13.1. The number of amides is 2. The highest BCUT2D eigenvalue weighted by Gasteiger charge is 2.43. The summed E-state index contributed by atoms with van der Waals surface area (Å²) in [6.07, 6.45) is -4.61. The van der Waals surface area contributed by atoms with Crippen molar-refractivity contribution in [3.05, 3.63) is 69.0 Å². The third-order valence-corrected chi connectivity index (χ3v) is 7.53. The number of halogens is 3. The van der Waals surface area contributed by atoms with Gasteiger partial charge in [-0.15, -0.1) is 0 Å². The number of nitrogens with zero attached hydrogens (tertiary/aromatic N) is 4. The maximum absolute atomic E-state index is 14.4. The lowest BCUT2D eigenvalue weighted by molar-refractivity contribution is -0.457. The molecule has 3 heterocycles. The molecule has 0 spiro atoms. The van der Waals surface area contributed by atoms with Crippen LogP contribution in [-0.4, -0.2) is 85.5 Å².